The monoisotopic (exact) mass is 475 g/mol. The Hall–Kier alpha value is -2.07. The first-order valence-electron chi connectivity index (χ1n) is 10.3. The highest BCUT2D eigenvalue weighted by atomic mass is 32.2. The van der Waals surface area contributed by atoms with Gasteiger partial charge >= 0.3 is 0 Å². The summed E-state index contributed by atoms with van der Waals surface area (Å²) in [4.78, 5) is 20.0. The highest BCUT2D eigenvalue weighted by Gasteiger charge is 2.24. The topological polar surface area (TPSA) is 79.4 Å². The zero-order valence-corrected chi connectivity index (χ0v) is 19.8. The van der Waals surface area contributed by atoms with E-state index >= 15 is 0 Å². The Morgan fingerprint density at radius 2 is 1.90 bits per heavy atom. The van der Waals surface area contributed by atoms with Gasteiger partial charge in [0.05, 0.1) is 5.69 Å². The van der Waals surface area contributed by atoms with E-state index in [1.807, 2.05) is 42.2 Å². The lowest BCUT2D eigenvalue weighted by molar-refractivity contribution is 0.0728. The molecule has 1 saturated heterocycles. The second kappa shape index (κ2) is 9.60. The van der Waals surface area contributed by atoms with Gasteiger partial charge in [-0.15, -0.1) is 22.7 Å². The Balaban J connectivity index is 1.45. The van der Waals surface area contributed by atoms with Crippen LogP contribution in [0.2, 0.25) is 0 Å². The number of thiazole rings is 1. The molecule has 0 unspecified atom stereocenters. The normalized spacial score (nSPS) is 14.7. The molecule has 0 bridgehead atoms. The van der Waals surface area contributed by atoms with E-state index in [1.165, 1.54) is 29.1 Å². The fourth-order valence-corrected chi connectivity index (χ4v) is 6.91. The van der Waals surface area contributed by atoms with Crippen LogP contribution in [0.3, 0.4) is 0 Å². The van der Waals surface area contributed by atoms with E-state index in [0.29, 0.717) is 28.5 Å². The molecule has 0 spiro atoms. The second-order valence-corrected chi connectivity index (χ2v) is 11.5. The molecule has 0 aliphatic carbocycles. The Kier molecular flexibility index (Phi) is 6.86. The SMILES string of the molecule is Cc1nc(-c2csc(S(=O)(=O)NCCc3ccccc3)c2)sc1C(=O)N1CCCCC1. The van der Waals surface area contributed by atoms with Gasteiger partial charge in [0.25, 0.3) is 5.91 Å². The second-order valence-electron chi connectivity index (χ2n) is 7.57. The van der Waals surface area contributed by atoms with Crippen molar-refractivity contribution in [2.45, 2.75) is 36.8 Å². The third-order valence-electron chi connectivity index (χ3n) is 5.27. The smallest absolute Gasteiger partial charge is 0.265 e. The average molecular weight is 476 g/mol. The number of hydrogen-bond acceptors (Lipinski definition) is 6. The van der Waals surface area contributed by atoms with Crippen molar-refractivity contribution >= 4 is 38.6 Å². The summed E-state index contributed by atoms with van der Waals surface area (Å²) in [5.74, 6) is 0.0339. The predicted octanol–water partition coefficient (Wildman–Crippen LogP) is 4.33. The summed E-state index contributed by atoms with van der Waals surface area (Å²) in [6, 6.07) is 11.4. The first-order chi connectivity index (χ1) is 14.9. The van der Waals surface area contributed by atoms with Crippen molar-refractivity contribution < 1.29 is 13.2 Å². The summed E-state index contributed by atoms with van der Waals surface area (Å²) in [6.07, 6.45) is 3.88. The van der Waals surface area contributed by atoms with Crippen molar-refractivity contribution in [1.29, 1.82) is 0 Å². The number of likely N-dealkylation sites (tertiary alicyclic amines) is 1. The number of nitrogens with one attached hydrogen (secondary N) is 1. The molecule has 6 nitrogen and oxygen atoms in total. The van der Waals surface area contributed by atoms with Crippen LogP contribution >= 0.6 is 22.7 Å². The Bertz CT molecular complexity index is 1150. The molecule has 0 saturated carbocycles. The van der Waals surface area contributed by atoms with Crippen molar-refractivity contribution in [2.75, 3.05) is 19.6 Å². The number of aromatic nitrogens is 1. The number of carbonyl (C=O) groups excluding carboxylic acids is 1. The van der Waals surface area contributed by atoms with Crippen LogP contribution in [0.25, 0.3) is 10.6 Å². The van der Waals surface area contributed by atoms with E-state index in [2.05, 4.69) is 9.71 Å². The first kappa shape index (κ1) is 22.1. The van der Waals surface area contributed by atoms with Gasteiger partial charge in [-0.25, -0.2) is 18.1 Å². The molecule has 4 rings (SSSR count). The van der Waals surface area contributed by atoms with E-state index in [4.69, 9.17) is 0 Å². The number of rotatable bonds is 7. The van der Waals surface area contributed by atoms with Crippen LogP contribution in [0.4, 0.5) is 0 Å². The maximum absolute atomic E-state index is 12.9. The summed E-state index contributed by atoms with van der Waals surface area (Å²) in [5.41, 5.74) is 2.52. The van der Waals surface area contributed by atoms with Gasteiger partial charge in [-0.3, -0.25) is 4.79 Å². The highest BCUT2D eigenvalue weighted by Crippen LogP contribution is 2.33. The maximum atomic E-state index is 12.9. The number of sulfonamides is 1. The number of carbonyl (C=O) groups is 1. The molecule has 0 atom stereocenters. The minimum atomic E-state index is -3.58. The van der Waals surface area contributed by atoms with Gasteiger partial charge in [0, 0.05) is 30.6 Å². The number of benzene rings is 1. The summed E-state index contributed by atoms with van der Waals surface area (Å²) >= 11 is 2.51. The largest absolute Gasteiger partial charge is 0.338 e. The lowest BCUT2D eigenvalue weighted by Crippen LogP contribution is -2.35. The first-order valence-corrected chi connectivity index (χ1v) is 13.5. The number of aryl methyl sites for hydroxylation is 1. The molecule has 2 aromatic heterocycles. The van der Waals surface area contributed by atoms with Gasteiger partial charge in [0.15, 0.2) is 0 Å². The van der Waals surface area contributed by atoms with Gasteiger partial charge < -0.3 is 4.90 Å². The summed E-state index contributed by atoms with van der Waals surface area (Å²) in [7, 11) is -3.58. The molecule has 31 heavy (non-hydrogen) atoms. The molecular weight excluding hydrogens is 450 g/mol. The van der Waals surface area contributed by atoms with Crippen molar-refractivity contribution in [3.63, 3.8) is 0 Å². The number of piperidine rings is 1. The minimum absolute atomic E-state index is 0.0339. The third-order valence-corrected chi connectivity index (χ3v) is 9.36. The summed E-state index contributed by atoms with van der Waals surface area (Å²) in [6.45, 7) is 3.76. The summed E-state index contributed by atoms with van der Waals surface area (Å²) in [5, 5.41) is 2.47. The molecule has 9 heteroatoms. The Morgan fingerprint density at radius 1 is 1.16 bits per heavy atom. The zero-order chi connectivity index (χ0) is 21.8. The maximum Gasteiger partial charge on any atom is 0.265 e. The van der Waals surface area contributed by atoms with Crippen LogP contribution < -0.4 is 4.72 Å². The summed E-state index contributed by atoms with van der Waals surface area (Å²) < 4.78 is 28.3. The van der Waals surface area contributed by atoms with Crippen LogP contribution in [0.15, 0.2) is 46.0 Å². The molecule has 1 aliphatic heterocycles. The molecule has 1 amide bonds. The van der Waals surface area contributed by atoms with Gasteiger partial charge in [0.1, 0.15) is 14.1 Å². The highest BCUT2D eigenvalue weighted by molar-refractivity contribution is 7.91. The fourth-order valence-electron chi connectivity index (χ4n) is 3.57. The molecular formula is C22H25N3O3S3. The molecule has 3 aromatic rings. The molecule has 1 N–H and O–H groups in total. The molecule has 1 fully saturated rings. The van der Waals surface area contributed by atoms with E-state index in [0.717, 1.165) is 37.1 Å². The Morgan fingerprint density at radius 3 is 2.65 bits per heavy atom. The molecule has 164 valence electrons. The standard InChI is InChI=1S/C22H25N3O3S3/c1-16-20(22(26)25-12-6-3-7-13-25)30-21(24-16)18-14-19(29-15-18)31(27,28)23-11-10-17-8-4-2-5-9-17/h2,4-5,8-9,14-15,23H,3,6-7,10-13H2,1H3. The van der Waals surface area contributed by atoms with E-state index in [9.17, 15) is 13.2 Å². The molecule has 0 radical (unpaired) electrons. The minimum Gasteiger partial charge on any atom is -0.338 e. The zero-order valence-electron chi connectivity index (χ0n) is 17.3. The van der Waals surface area contributed by atoms with Crippen LogP contribution in [-0.2, 0) is 16.4 Å². The van der Waals surface area contributed by atoms with E-state index < -0.39 is 10.0 Å². The molecule has 3 heterocycles. The predicted molar refractivity (Wildman–Crippen MR) is 125 cm³/mol. The van der Waals surface area contributed by atoms with Crippen molar-refractivity contribution in [2.24, 2.45) is 0 Å². The van der Waals surface area contributed by atoms with Crippen molar-refractivity contribution in [1.82, 2.24) is 14.6 Å². The van der Waals surface area contributed by atoms with Crippen molar-refractivity contribution in [3.8, 4) is 10.6 Å². The van der Waals surface area contributed by atoms with Crippen LogP contribution in [0.1, 0.15) is 40.2 Å². The van der Waals surface area contributed by atoms with Crippen LogP contribution in [0, 0.1) is 6.92 Å². The van der Waals surface area contributed by atoms with Gasteiger partial charge in [0.2, 0.25) is 10.0 Å². The fraction of sp³-hybridized carbons (Fsp3) is 0.364. The number of nitrogens with zero attached hydrogens (tertiary/aromatic N) is 2. The van der Waals surface area contributed by atoms with Gasteiger partial charge in [-0.05, 0) is 44.2 Å². The lowest BCUT2D eigenvalue weighted by atomic mass is 10.1. The average Bonchev–Trinajstić information content (AvgIpc) is 3.42. The quantitative estimate of drug-likeness (QED) is 0.552. The van der Waals surface area contributed by atoms with Gasteiger partial charge in [-0.1, -0.05) is 30.3 Å². The van der Waals surface area contributed by atoms with Crippen LogP contribution in [-0.4, -0.2) is 43.8 Å². The third kappa shape index (κ3) is 5.23. The molecule has 1 aliphatic rings. The number of thiophene rings is 1. The number of hydrogen-bond donors (Lipinski definition) is 1. The van der Waals surface area contributed by atoms with Crippen LogP contribution in [0.5, 0.6) is 0 Å². The number of amides is 1. The van der Waals surface area contributed by atoms with E-state index in [1.54, 1.807) is 11.4 Å². The molecule has 1 aromatic carbocycles. The van der Waals surface area contributed by atoms with Gasteiger partial charge in [-0.2, -0.15) is 0 Å². The van der Waals surface area contributed by atoms with E-state index in [-0.39, 0.29) is 10.1 Å². The van der Waals surface area contributed by atoms with Crippen molar-refractivity contribution in [3.05, 3.63) is 57.9 Å². The lowest BCUT2D eigenvalue weighted by Gasteiger charge is -2.26. The Labute approximate surface area is 191 Å².